The monoisotopic (exact) mass is 349 g/mol. The predicted molar refractivity (Wildman–Crippen MR) is 101 cm³/mol. The number of anilines is 1. The lowest BCUT2D eigenvalue weighted by Gasteiger charge is -2.21. The van der Waals surface area contributed by atoms with Crippen LogP contribution in [0.3, 0.4) is 0 Å². The molecule has 3 aromatic rings. The van der Waals surface area contributed by atoms with Crippen molar-refractivity contribution in [1.82, 2.24) is 0 Å². The lowest BCUT2D eigenvalue weighted by molar-refractivity contribution is 0.0976. The van der Waals surface area contributed by atoms with Gasteiger partial charge in [0.15, 0.2) is 5.78 Å². The van der Waals surface area contributed by atoms with Gasteiger partial charge in [-0.05, 0) is 30.3 Å². The first kappa shape index (κ1) is 17.7. The molecule has 1 N–H and O–H groups in total. The van der Waals surface area contributed by atoms with Crippen LogP contribution in [0.1, 0.15) is 28.4 Å². The van der Waals surface area contributed by atoms with Gasteiger partial charge in [0.2, 0.25) is 0 Å². The Morgan fingerprint density at radius 1 is 0.962 bits per heavy atom. The summed E-state index contributed by atoms with van der Waals surface area (Å²) in [5, 5.41) is 3.27. The molecular formula is C22H20FNO2. The molecule has 3 nitrogen and oxygen atoms in total. The molecule has 0 aliphatic heterocycles. The summed E-state index contributed by atoms with van der Waals surface area (Å²) in [4.78, 5) is 12.6. The lowest BCUT2D eigenvalue weighted by Crippen LogP contribution is -2.17. The van der Waals surface area contributed by atoms with Gasteiger partial charge in [-0.25, -0.2) is 4.39 Å². The Hall–Kier alpha value is -3.14. The molecule has 0 spiro atoms. The second-order valence-corrected chi connectivity index (χ2v) is 5.94. The van der Waals surface area contributed by atoms with Gasteiger partial charge in [0.1, 0.15) is 11.6 Å². The Morgan fingerprint density at radius 2 is 1.62 bits per heavy atom. The topological polar surface area (TPSA) is 38.3 Å². The summed E-state index contributed by atoms with van der Waals surface area (Å²) in [6.07, 6.45) is 0.150. The number of Topliss-reactive ketones (excluding diaryl/α,β-unsaturated/α-hetero) is 1. The molecule has 4 heteroatoms. The van der Waals surface area contributed by atoms with E-state index in [2.05, 4.69) is 5.32 Å². The van der Waals surface area contributed by atoms with E-state index in [1.54, 1.807) is 37.4 Å². The molecule has 0 fully saturated rings. The molecule has 0 saturated carbocycles. The van der Waals surface area contributed by atoms with Crippen molar-refractivity contribution >= 4 is 11.5 Å². The molecule has 0 saturated heterocycles. The van der Waals surface area contributed by atoms with Gasteiger partial charge in [0.25, 0.3) is 0 Å². The van der Waals surface area contributed by atoms with Crippen LogP contribution in [0.4, 0.5) is 10.1 Å². The highest BCUT2D eigenvalue weighted by Crippen LogP contribution is 2.27. The number of halogens is 1. The summed E-state index contributed by atoms with van der Waals surface area (Å²) in [6, 6.07) is 22.4. The molecule has 3 rings (SSSR count). The van der Waals surface area contributed by atoms with Crippen LogP contribution >= 0.6 is 0 Å². The molecule has 0 bridgehead atoms. The fraction of sp³-hybridized carbons (Fsp3) is 0.136. The van der Waals surface area contributed by atoms with Crippen molar-refractivity contribution < 1.29 is 13.9 Å². The second-order valence-electron chi connectivity index (χ2n) is 5.94. The number of methoxy groups -OCH3 is 1. The molecule has 0 aromatic heterocycles. The maximum atomic E-state index is 14.3. The number of hydrogen-bond acceptors (Lipinski definition) is 3. The van der Waals surface area contributed by atoms with Crippen LogP contribution in [0.5, 0.6) is 5.75 Å². The number of benzene rings is 3. The molecule has 132 valence electrons. The zero-order valence-electron chi connectivity index (χ0n) is 14.5. The molecule has 0 aliphatic rings. The minimum atomic E-state index is -0.475. The van der Waals surface area contributed by atoms with Gasteiger partial charge >= 0.3 is 0 Å². The van der Waals surface area contributed by atoms with Crippen LogP contribution in [0, 0.1) is 5.82 Å². The maximum absolute atomic E-state index is 14.3. The van der Waals surface area contributed by atoms with E-state index >= 15 is 0 Å². The average molecular weight is 349 g/mol. The van der Waals surface area contributed by atoms with Gasteiger partial charge in [0, 0.05) is 23.2 Å². The first-order chi connectivity index (χ1) is 12.7. The van der Waals surface area contributed by atoms with E-state index in [0.717, 1.165) is 11.4 Å². The molecule has 1 atom stereocenters. The number of carbonyl (C=O) groups excluding carboxylic acids is 1. The minimum Gasteiger partial charge on any atom is -0.497 e. The normalized spacial score (nSPS) is 11.6. The number of ketones is 1. The molecule has 0 heterocycles. The van der Waals surface area contributed by atoms with E-state index in [9.17, 15) is 9.18 Å². The number of rotatable bonds is 7. The summed E-state index contributed by atoms with van der Waals surface area (Å²) < 4.78 is 19.5. The molecule has 26 heavy (non-hydrogen) atoms. The highest BCUT2D eigenvalue weighted by Gasteiger charge is 2.20. The Bertz CT molecular complexity index is 863. The van der Waals surface area contributed by atoms with Gasteiger partial charge in [-0.2, -0.15) is 0 Å². The zero-order chi connectivity index (χ0) is 18.4. The smallest absolute Gasteiger partial charge is 0.165 e. The SMILES string of the molecule is COc1ccc(NC(CC(=O)c2ccccc2)c2ccccc2F)cc1. The van der Waals surface area contributed by atoms with Gasteiger partial charge in [-0.1, -0.05) is 48.5 Å². The third-order valence-corrected chi connectivity index (χ3v) is 4.20. The van der Waals surface area contributed by atoms with E-state index in [1.165, 1.54) is 6.07 Å². The zero-order valence-corrected chi connectivity index (χ0v) is 14.5. The van der Waals surface area contributed by atoms with Crippen LogP contribution in [0.15, 0.2) is 78.9 Å². The Kier molecular flexibility index (Phi) is 5.64. The summed E-state index contributed by atoms with van der Waals surface area (Å²) in [5.41, 5.74) is 1.87. The Morgan fingerprint density at radius 3 is 2.27 bits per heavy atom. The van der Waals surface area contributed by atoms with Crippen molar-refractivity contribution in [2.24, 2.45) is 0 Å². The predicted octanol–water partition coefficient (Wildman–Crippen LogP) is 5.26. The van der Waals surface area contributed by atoms with Crippen molar-refractivity contribution in [2.75, 3.05) is 12.4 Å². The van der Waals surface area contributed by atoms with E-state index < -0.39 is 6.04 Å². The average Bonchev–Trinajstić information content (AvgIpc) is 2.69. The Labute approximate surface area is 152 Å². The van der Waals surface area contributed by atoms with Crippen molar-refractivity contribution in [3.8, 4) is 5.75 Å². The fourth-order valence-electron chi connectivity index (χ4n) is 2.81. The van der Waals surface area contributed by atoms with Crippen LogP contribution in [-0.4, -0.2) is 12.9 Å². The summed E-state index contributed by atoms with van der Waals surface area (Å²) in [7, 11) is 1.60. The van der Waals surface area contributed by atoms with Gasteiger partial charge in [-0.3, -0.25) is 4.79 Å². The van der Waals surface area contributed by atoms with Crippen LogP contribution in [0.2, 0.25) is 0 Å². The van der Waals surface area contributed by atoms with E-state index in [1.807, 2.05) is 42.5 Å². The van der Waals surface area contributed by atoms with Crippen LogP contribution in [0.25, 0.3) is 0 Å². The number of ether oxygens (including phenoxy) is 1. The molecule has 0 amide bonds. The molecule has 0 aliphatic carbocycles. The lowest BCUT2D eigenvalue weighted by atomic mass is 9.97. The highest BCUT2D eigenvalue weighted by atomic mass is 19.1. The fourth-order valence-corrected chi connectivity index (χ4v) is 2.81. The van der Waals surface area contributed by atoms with Crippen molar-refractivity contribution in [3.05, 3.63) is 95.8 Å². The number of nitrogens with one attached hydrogen (secondary N) is 1. The maximum Gasteiger partial charge on any atom is 0.165 e. The molecule has 1 unspecified atom stereocenters. The summed E-state index contributed by atoms with van der Waals surface area (Å²) in [5.74, 6) is 0.359. The van der Waals surface area contributed by atoms with E-state index in [0.29, 0.717) is 11.1 Å². The largest absolute Gasteiger partial charge is 0.497 e. The summed E-state index contributed by atoms with van der Waals surface area (Å²) >= 11 is 0. The van der Waals surface area contributed by atoms with Gasteiger partial charge in [0.05, 0.1) is 13.2 Å². The standard InChI is InChI=1S/C22H20FNO2/c1-26-18-13-11-17(12-14-18)24-21(19-9-5-6-10-20(19)23)15-22(25)16-7-3-2-4-8-16/h2-14,21,24H,15H2,1H3. The van der Waals surface area contributed by atoms with E-state index in [4.69, 9.17) is 4.74 Å². The van der Waals surface area contributed by atoms with Crippen molar-refractivity contribution in [3.63, 3.8) is 0 Å². The highest BCUT2D eigenvalue weighted by molar-refractivity contribution is 5.96. The Balaban J connectivity index is 1.86. The third-order valence-electron chi connectivity index (χ3n) is 4.20. The van der Waals surface area contributed by atoms with Gasteiger partial charge < -0.3 is 10.1 Å². The third kappa shape index (κ3) is 4.28. The van der Waals surface area contributed by atoms with Gasteiger partial charge in [-0.15, -0.1) is 0 Å². The van der Waals surface area contributed by atoms with Crippen LogP contribution in [-0.2, 0) is 0 Å². The number of carbonyl (C=O) groups is 1. The van der Waals surface area contributed by atoms with Crippen molar-refractivity contribution in [1.29, 1.82) is 0 Å². The summed E-state index contributed by atoms with van der Waals surface area (Å²) in [6.45, 7) is 0. The molecule has 3 aromatic carbocycles. The van der Waals surface area contributed by atoms with E-state index in [-0.39, 0.29) is 18.0 Å². The second kappa shape index (κ2) is 8.30. The molecular weight excluding hydrogens is 329 g/mol. The number of hydrogen-bond donors (Lipinski definition) is 1. The minimum absolute atomic E-state index is 0.0418. The molecule has 0 radical (unpaired) electrons. The van der Waals surface area contributed by atoms with Crippen molar-refractivity contribution in [2.45, 2.75) is 12.5 Å². The van der Waals surface area contributed by atoms with Crippen LogP contribution < -0.4 is 10.1 Å². The quantitative estimate of drug-likeness (QED) is 0.591. The first-order valence-corrected chi connectivity index (χ1v) is 8.40. The first-order valence-electron chi connectivity index (χ1n) is 8.40.